The van der Waals surface area contributed by atoms with Crippen LogP contribution in [-0.4, -0.2) is 57.1 Å². The number of para-hydroxylation sites is 1. The van der Waals surface area contributed by atoms with Crippen molar-refractivity contribution in [1.82, 2.24) is 4.90 Å². The van der Waals surface area contributed by atoms with E-state index in [9.17, 15) is 5.11 Å². The van der Waals surface area contributed by atoms with Crippen molar-refractivity contribution in [2.24, 2.45) is 0 Å². The van der Waals surface area contributed by atoms with Crippen LogP contribution in [0.4, 0.5) is 5.69 Å². The average molecular weight is 268 g/mol. The van der Waals surface area contributed by atoms with Gasteiger partial charge in [-0.3, -0.25) is 4.90 Å². The quantitative estimate of drug-likeness (QED) is 0.651. The zero-order valence-electron chi connectivity index (χ0n) is 11.7. The minimum atomic E-state index is -0.602. The SMILES string of the molecule is COCCN(CCOC)CC(O)c1ccccc1N. The van der Waals surface area contributed by atoms with Crippen molar-refractivity contribution in [3.63, 3.8) is 0 Å². The van der Waals surface area contributed by atoms with Gasteiger partial charge in [-0.05, 0) is 6.07 Å². The van der Waals surface area contributed by atoms with Crippen molar-refractivity contribution >= 4 is 5.69 Å². The third-order valence-electron chi connectivity index (χ3n) is 3.01. The standard InChI is InChI=1S/C14H24N2O3/c1-18-9-7-16(8-10-19-2)11-14(17)12-5-3-4-6-13(12)15/h3-6,14,17H,7-11,15H2,1-2H3. The van der Waals surface area contributed by atoms with Gasteiger partial charge >= 0.3 is 0 Å². The Morgan fingerprint density at radius 1 is 1.16 bits per heavy atom. The highest BCUT2D eigenvalue weighted by Gasteiger charge is 2.15. The summed E-state index contributed by atoms with van der Waals surface area (Å²) >= 11 is 0. The van der Waals surface area contributed by atoms with Gasteiger partial charge in [0.1, 0.15) is 0 Å². The zero-order valence-corrected chi connectivity index (χ0v) is 11.7. The Morgan fingerprint density at radius 3 is 2.26 bits per heavy atom. The van der Waals surface area contributed by atoms with Crippen LogP contribution in [0.15, 0.2) is 24.3 Å². The Hall–Kier alpha value is -1.14. The molecule has 0 amide bonds. The first-order valence-corrected chi connectivity index (χ1v) is 6.41. The van der Waals surface area contributed by atoms with Crippen LogP contribution in [0, 0.1) is 0 Å². The van der Waals surface area contributed by atoms with E-state index in [1.165, 1.54) is 0 Å². The second-order valence-corrected chi connectivity index (χ2v) is 4.43. The maximum absolute atomic E-state index is 10.3. The molecule has 1 rings (SSSR count). The van der Waals surface area contributed by atoms with Crippen LogP contribution in [0.25, 0.3) is 0 Å². The molecule has 5 heteroatoms. The summed E-state index contributed by atoms with van der Waals surface area (Å²) in [7, 11) is 3.33. The lowest BCUT2D eigenvalue weighted by Crippen LogP contribution is -2.34. The number of aliphatic hydroxyl groups excluding tert-OH is 1. The van der Waals surface area contributed by atoms with Crippen LogP contribution in [-0.2, 0) is 9.47 Å². The van der Waals surface area contributed by atoms with E-state index < -0.39 is 6.10 Å². The normalized spacial score (nSPS) is 12.8. The summed E-state index contributed by atoms with van der Waals surface area (Å²) in [5.74, 6) is 0. The fourth-order valence-corrected chi connectivity index (χ4v) is 1.89. The molecule has 0 saturated carbocycles. The van der Waals surface area contributed by atoms with Crippen LogP contribution in [0.2, 0.25) is 0 Å². The van der Waals surface area contributed by atoms with Gasteiger partial charge in [0.15, 0.2) is 0 Å². The predicted molar refractivity (Wildman–Crippen MR) is 76.0 cm³/mol. The Labute approximate surface area is 114 Å². The lowest BCUT2D eigenvalue weighted by molar-refractivity contribution is 0.0699. The number of nitrogen functional groups attached to an aromatic ring is 1. The van der Waals surface area contributed by atoms with Crippen molar-refractivity contribution in [2.45, 2.75) is 6.10 Å². The number of ether oxygens (including phenoxy) is 2. The summed E-state index contributed by atoms with van der Waals surface area (Å²) in [6, 6.07) is 7.39. The molecule has 19 heavy (non-hydrogen) atoms. The first-order chi connectivity index (χ1) is 9.19. The summed E-state index contributed by atoms with van der Waals surface area (Å²) in [5, 5.41) is 10.3. The first-order valence-electron chi connectivity index (χ1n) is 6.41. The van der Waals surface area contributed by atoms with Gasteiger partial charge in [-0.1, -0.05) is 18.2 Å². The van der Waals surface area contributed by atoms with E-state index >= 15 is 0 Å². The predicted octanol–water partition coefficient (Wildman–Crippen LogP) is 0.897. The molecule has 3 N–H and O–H groups in total. The lowest BCUT2D eigenvalue weighted by Gasteiger charge is -2.25. The number of nitrogens with two attached hydrogens (primary N) is 1. The number of hydrogen-bond acceptors (Lipinski definition) is 5. The molecule has 0 aliphatic carbocycles. The van der Waals surface area contributed by atoms with E-state index in [-0.39, 0.29) is 0 Å². The highest BCUT2D eigenvalue weighted by atomic mass is 16.5. The highest BCUT2D eigenvalue weighted by Crippen LogP contribution is 2.20. The Balaban J connectivity index is 2.59. The number of nitrogens with zero attached hydrogens (tertiary/aromatic N) is 1. The second kappa shape index (κ2) is 8.87. The van der Waals surface area contributed by atoms with E-state index in [4.69, 9.17) is 15.2 Å². The Bertz CT molecular complexity index is 352. The molecule has 1 aromatic carbocycles. The van der Waals surface area contributed by atoms with Gasteiger partial charge in [0.25, 0.3) is 0 Å². The molecule has 1 atom stereocenters. The van der Waals surface area contributed by atoms with E-state index in [1.807, 2.05) is 18.2 Å². The number of benzene rings is 1. The third-order valence-corrected chi connectivity index (χ3v) is 3.01. The van der Waals surface area contributed by atoms with Crippen LogP contribution >= 0.6 is 0 Å². The highest BCUT2D eigenvalue weighted by molar-refractivity contribution is 5.47. The van der Waals surface area contributed by atoms with E-state index in [1.54, 1.807) is 20.3 Å². The first kappa shape index (κ1) is 15.9. The summed E-state index contributed by atoms with van der Waals surface area (Å²) in [5.41, 5.74) is 7.25. The van der Waals surface area contributed by atoms with Crippen LogP contribution < -0.4 is 5.73 Å². The second-order valence-electron chi connectivity index (χ2n) is 4.43. The molecule has 1 aromatic rings. The third kappa shape index (κ3) is 5.57. The fourth-order valence-electron chi connectivity index (χ4n) is 1.89. The van der Waals surface area contributed by atoms with Gasteiger partial charge in [-0.15, -0.1) is 0 Å². The van der Waals surface area contributed by atoms with Gasteiger partial charge < -0.3 is 20.3 Å². The molecule has 108 valence electrons. The summed E-state index contributed by atoms with van der Waals surface area (Å²) in [4.78, 5) is 2.10. The molecule has 0 bridgehead atoms. The zero-order chi connectivity index (χ0) is 14.1. The lowest BCUT2D eigenvalue weighted by atomic mass is 10.1. The number of anilines is 1. The van der Waals surface area contributed by atoms with E-state index in [2.05, 4.69) is 4.90 Å². The number of methoxy groups -OCH3 is 2. The molecule has 0 aliphatic rings. The number of hydrogen-bond donors (Lipinski definition) is 2. The topological polar surface area (TPSA) is 68.0 Å². The molecular formula is C14H24N2O3. The molecule has 0 aliphatic heterocycles. The van der Waals surface area contributed by atoms with Crippen molar-refractivity contribution < 1.29 is 14.6 Å². The van der Waals surface area contributed by atoms with Crippen LogP contribution in [0.5, 0.6) is 0 Å². The van der Waals surface area contributed by atoms with Crippen LogP contribution in [0.3, 0.4) is 0 Å². The summed E-state index contributed by atoms with van der Waals surface area (Å²) in [6.45, 7) is 3.27. The van der Waals surface area contributed by atoms with Gasteiger partial charge in [-0.2, -0.15) is 0 Å². The molecule has 0 saturated heterocycles. The minimum Gasteiger partial charge on any atom is -0.398 e. The number of rotatable bonds is 9. The molecule has 0 spiro atoms. The summed E-state index contributed by atoms with van der Waals surface area (Å²) < 4.78 is 10.1. The smallest absolute Gasteiger partial charge is 0.0936 e. The largest absolute Gasteiger partial charge is 0.398 e. The monoisotopic (exact) mass is 268 g/mol. The molecule has 1 unspecified atom stereocenters. The van der Waals surface area contributed by atoms with Gasteiger partial charge in [0.2, 0.25) is 0 Å². The molecule has 0 radical (unpaired) electrons. The maximum Gasteiger partial charge on any atom is 0.0936 e. The Kier molecular flexibility index (Phi) is 7.43. The molecule has 0 fully saturated rings. The van der Waals surface area contributed by atoms with Gasteiger partial charge in [0, 0.05) is 45.1 Å². The molecule has 0 aromatic heterocycles. The fraction of sp³-hybridized carbons (Fsp3) is 0.571. The molecular weight excluding hydrogens is 244 g/mol. The van der Waals surface area contributed by atoms with Gasteiger partial charge in [-0.25, -0.2) is 0 Å². The van der Waals surface area contributed by atoms with Crippen molar-refractivity contribution in [3.8, 4) is 0 Å². The van der Waals surface area contributed by atoms with E-state index in [0.717, 1.165) is 18.7 Å². The minimum absolute atomic E-state index is 0.515. The van der Waals surface area contributed by atoms with Crippen molar-refractivity contribution in [1.29, 1.82) is 0 Å². The Morgan fingerprint density at radius 2 is 1.74 bits per heavy atom. The molecule has 0 heterocycles. The van der Waals surface area contributed by atoms with Gasteiger partial charge in [0.05, 0.1) is 19.3 Å². The van der Waals surface area contributed by atoms with Crippen molar-refractivity contribution in [2.75, 3.05) is 52.8 Å². The average Bonchev–Trinajstić information content (AvgIpc) is 2.42. The number of aliphatic hydroxyl groups is 1. The van der Waals surface area contributed by atoms with Crippen molar-refractivity contribution in [3.05, 3.63) is 29.8 Å². The maximum atomic E-state index is 10.3. The summed E-state index contributed by atoms with van der Waals surface area (Å²) in [6.07, 6.45) is -0.602. The molecule has 5 nitrogen and oxygen atoms in total. The van der Waals surface area contributed by atoms with E-state index in [0.29, 0.717) is 25.4 Å². The van der Waals surface area contributed by atoms with Crippen LogP contribution in [0.1, 0.15) is 11.7 Å².